The van der Waals surface area contributed by atoms with Crippen LogP contribution in [0.2, 0.25) is 0 Å². The molecule has 2 N–H and O–H groups in total. The average Bonchev–Trinajstić information content (AvgIpc) is 3.02. The Kier molecular flexibility index (Phi) is 9.53. The minimum Gasteiger partial charge on any atom is -0.355 e. The predicted octanol–water partition coefficient (Wildman–Crippen LogP) is 2.98. The van der Waals surface area contributed by atoms with Gasteiger partial charge in [0.25, 0.3) is 0 Å². The number of benzene rings is 1. The maximum Gasteiger partial charge on any atom is 0.224 e. The number of amides is 2. The number of halogens is 1. The Hall–Kier alpha value is -1.59. The van der Waals surface area contributed by atoms with Crippen molar-refractivity contribution < 1.29 is 9.59 Å². The van der Waals surface area contributed by atoms with E-state index in [-0.39, 0.29) is 30.1 Å². The lowest BCUT2D eigenvalue weighted by molar-refractivity contribution is -0.122. The van der Waals surface area contributed by atoms with Crippen molar-refractivity contribution in [2.45, 2.75) is 39.5 Å². The molecule has 1 atom stereocenters. The predicted molar refractivity (Wildman–Crippen MR) is 104 cm³/mol. The number of anilines is 1. The average molecular weight is 368 g/mol. The summed E-state index contributed by atoms with van der Waals surface area (Å²) in [6.07, 6.45) is 3.27. The van der Waals surface area contributed by atoms with Crippen LogP contribution in [0, 0.1) is 12.8 Å². The molecule has 0 aliphatic carbocycles. The molecule has 6 heteroatoms. The summed E-state index contributed by atoms with van der Waals surface area (Å²) in [6, 6.07) is 7.71. The molecule has 0 radical (unpaired) electrons. The molecule has 1 unspecified atom stereocenters. The quantitative estimate of drug-likeness (QED) is 0.742. The molecule has 140 valence electrons. The molecule has 1 saturated heterocycles. The molecule has 25 heavy (non-hydrogen) atoms. The van der Waals surface area contributed by atoms with E-state index in [9.17, 15) is 9.59 Å². The fourth-order valence-corrected chi connectivity index (χ4v) is 2.99. The van der Waals surface area contributed by atoms with Crippen molar-refractivity contribution in [2.24, 2.45) is 5.92 Å². The summed E-state index contributed by atoms with van der Waals surface area (Å²) in [4.78, 5) is 26.3. The first kappa shape index (κ1) is 21.5. The third kappa shape index (κ3) is 8.36. The van der Waals surface area contributed by atoms with Gasteiger partial charge in [-0.05, 0) is 50.9 Å². The van der Waals surface area contributed by atoms with E-state index in [2.05, 4.69) is 15.5 Å². The number of carbonyl (C=O) groups excluding carboxylic acids is 2. The van der Waals surface area contributed by atoms with Crippen LogP contribution in [0.5, 0.6) is 0 Å². The Morgan fingerprint density at radius 1 is 1.08 bits per heavy atom. The molecule has 0 spiro atoms. The first-order chi connectivity index (χ1) is 11.5. The molecule has 0 saturated carbocycles. The van der Waals surface area contributed by atoms with Crippen molar-refractivity contribution in [1.29, 1.82) is 0 Å². The molecule has 1 aromatic rings. The van der Waals surface area contributed by atoms with Gasteiger partial charge in [0, 0.05) is 31.6 Å². The van der Waals surface area contributed by atoms with Crippen molar-refractivity contribution >= 4 is 29.9 Å². The lowest BCUT2D eigenvalue weighted by atomic mass is 10.0. The highest BCUT2D eigenvalue weighted by molar-refractivity contribution is 5.91. The number of aryl methyl sites for hydroxylation is 1. The van der Waals surface area contributed by atoms with Gasteiger partial charge >= 0.3 is 0 Å². The van der Waals surface area contributed by atoms with Gasteiger partial charge in [-0.25, -0.2) is 0 Å². The summed E-state index contributed by atoms with van der Waals surface area (Å²) in [5.41, 5.74) is 1.96. The van der Waals surface area contributed by atoms with Crippen LogP contribution in [-0.2, 0) is 9.59 Å². The second-order valence-corrected chi connectivity index (χ2v) is 6.83. The lowest BCUT2D eigenvalue weighted by Crippen LogP contribution is -2.34. The maximum absolute atomic E-state index is 12.0. The minimum absolute atomic E-state index is 0. The van der Waals surface area contributed by atoms with E-state index in [1.807, 2.05) is 38.1 Å². The van der Waals surface area contributed by atoms with Crippen LogP contribution < -0.4 is 10.6 Å². The summed E-state index contributed by atoms with van der Waals surface area (Å²) in [5.74, 6) is 0.0169. The molecule has 1 aliphatic heterocycles. The Balaban J connectivity index is 0.00000312. The molecule has 1 aromatic carbocycles. The van der Waals surface area contributed by atoms with Gasteiger partial charge in [-0.3, -0.25) is 9.59 Å². The smallest absolute Gasteiger partial charge is 0.224 e. The molecule has 5 nitrogen and oxygen atoms in total. The second-order valence-electron chi connectivity index (χ2n) is 6.83. The van der Waals surface area contributed by atoms with Gasteiger partial charge in [0.2, 0.25) is 11.8 Å². The molecular formula is C19H30ClN3O2. The van der Waals surface area contributed by atoms with Crippen molar-refractivity contribution in [2.75, 3.05) is 31.5 Å². The van der Waals surface area contributed by atoms with Crippen LogP contribution in [0.4, 0.5) is 5.69 Å². The Labute approximate surface area is 157 Å². The monoisotopic (exact) mass is 367 g/mol. The first-order valence-corrected chi connectivity index (χ1v) is 8.88. The zero-order valence-electron chi connectivity index (χ0n) is 15.2. The van der Waals surface area contributed by atoms with Gasteiger partial charge < -0.3 is 15.5 Å². The molecule has 1 aliphatic rings. The van der Waals surface area contributed by atoms with E-state index in [0.29, 0.717) is 19.4 Å². The van der Waals surface area contributed by atoms with Crippen molar-refractivity contribution in [3.05, 3.63) is 29.8 Å². The Bertz CT molecular complexity index is 542. The van der Waals surface area contributed by atoms with Crippen LogP contribution in [0.1, 0.15) is 38.2 Å². The number of rotatable bonds is 8. The molecule has 0 bridgehead atoms. The Morgan fingerprint density at radius 3 is 2.32 bits per heavy atom. The van der Waals surface area contributed by atoms with Gasteiger partial charge in [0.1, 0.15) is 0 Å². The van der Waals surface area contributed by atoms with Gasteiger partial charge in [0.15, 0.2) is 0 Å². The van der Waals surface area contributed by atoms with Crippen LogP contribution >= 0.6 is 12.4 Å². The van der Waals surface area contributed by atoms with Gasteiger partial charge in [-0.2, -0.15) is 0 Å². The van der Waals surface area contributed by atoms with Crippen molar-refractivity contribution in [1.82, 2.24) is 10.2 Å². The molecule has 1 fully saturated rings. The van der Waals surface area contributed by atoms with Crippen LogP contribution in [0.3, 0.4) is 0 Å². The molecule has 2 amide bonds. The van der Waals surface area contributed by atoms with E-state index in [1.165, 1.54) is 12.8 Å². The largest absolute Gasteiger partial charge is 0.355 e. The highest BCUT2D eigenvalue weighted by Gasteiger charge is 2.15. The number of hydrogen-bond donors (Lipinski definition) is 2. The zero-order chi connectivity index (χ0) is 17.4. The normalized spacial score (nSPS) is 15.3. The highest BCUT2D eigenvalue weighted by Crippen LogP contribution is 2.12. The van der Waals surface area contributed by atoms with Crippen LogP contribution in [-0.4, -0.2) is 42.9 Å². The molecular weight excluding hydrogens is 338 g/mol. The topological polar surface area (TPSA) is 61.4 Å². The first-order valence-electron chi connectivity index (χ1n) is 8.88. The summed E-state index contributed by atoms with van der Waals surface area (Å²) in [7, 11) is 0. The van der Waals surface area contributed by atoms with E-state index in [0.717, 1.165) is 30.9 Å². The lowest BCUT2D eigenvalue weighted by Gasteiger charge is -2.16. The van der Waals surface area contributed by atoms with Crippen LogP contribution in [0.25, 0.3) is 0 Å². The van der Waals surface area contributed by atoms with E-state index >= 15 is 0 Å². The fourth-order valence-electron chi connectivity index (χ4n) is 2.99. The van der Waals surface area contributed by atoms with Crippen LogP contribution in [0.15, 0.2) is 24.3 Å². The van der Waals surface area contributed by atoms with Gasteiger partial charge in [-0.15, -0.1) is 12.4 Å². The summed E-state index contributed by atoms with van der Waals surface area (Å²) in [6.45, 7) is 7.86. The zero-order valence-corrected chi connectivity index (χ0v) is 16.0. The number of carbonyl (C=O) groups is 2. The van der Waals surface area contributed by atoms with Crippen molar-refractivity contribution in [3.63, 3.8) is 0 Å². The fraction of sp³-hybridized carbons (Fsp3) is 0.579. The Morgan fingerprint density at radius 2 is 1.68 bits per heavy atom. The highest BCUT2D eigenvalue weighted by atomic mass is 35.5. The van der Waals surface area contributed by atoms with E-state index in [1.54, 1.807) is 0 Å². The van der Waals surface area contributed by atoms with Gasteiger partial charge in [-0.1, -0.05) is 24.6 Å². The summed E-state index contributed by atoms with van der Waals surface area (Å²) < 4.78 is 0. The maximum atomic E-state index is 12.0. The SMILES string of the molecule is Cc1ccc(NC(=O)CC(C)CC(=O)NCCN2CCCC2)cc1.Cl. The standard InChI is InChI=1S/C19H29N3O2.ClH/c1-15-5-7-17(8-6-15)21-19(24)14-16(2)13-18(23)20-9-12-22-10-3-4-11-22;/h5-8,16H,3-4,9-14H2,1-2H3,(H,20,23)(H,21,24);1H. The molecule has 0 aromatic heterocycles. The van der Waals surface area contributed by atoms with Gasteiger partial charge in [0.05, 0.1) is 0 Å². The number of nitrogens with zero attached hydrogens (tertiary/aromatic N) is 1. The summed E-state index contributed by atoms with van der Waals surface area (Å²) >= 11 is 0. The molecule has 2 rings (SSSR count). The summed E-state index contributed by atoms with van der Waals surface area (Å²) in [5, 5.41) is 5.83. The van der Waals surface area contributed by atoms with E-state index < -0.39 is 0 Å². The third-order valence-corrected chi connectivity index (χ3v) is 4.35. The number of nitrogens with one attached hydrogen (secondary N) is 2. The second kappa shape index (κ2) is 11.1. The minimum atomic E-state index is -0.0452. The third-order valence-electron chi connectivity index (χ3n) is 4.35. The number of hydrogen-bond acceptors (Lipinski definition) is 3. The molecule has 1 heterocycles. The van der Waals surface area contributed by atoms with E-state index in [4.69, 9.17) is 0 Å². The number of likely N-dealkylation sites (tertiary alicyclic amines) is 1. The van der Waals surface area contributed by atoms with Crippen molar-refractivity contribution in [3.8, 4) is 0 Å².